The third kappa shape index (κ3) is 1.89. The fourth-order valence-electron chi connectivity index (χ4n) is 1.64. The molecule has 0 saturated heterocycles. The molecule has 0 bridgehead atoms. The molecule has 2 aromatic rings. The Bertz CT molecular complexity index is 567. The van der Waals surface area contributed by atoms with Gasteiger partial charge in [-0.25, -0.2) is 0 Å². The quantitative estimate of drug-likeness (QED) is 0.729. The number of aryl methyl sites for hydroxylation is 3. The minimum atomic E-state index is -0.0607. The van der Waals surface area contributed by atoms with Crippen molar-refractivity contribution in [1.29, 1.82) is 0 Å². The van der Waals surface area contributed by atoms with Crippen LogP contribution in [-0.4, -0.2) is 9.78 Å². The Kier molecular flexibility index (Phi) is 2.60. The van der Waals surface area contributed by atoms with Crippen molar-refractivity contribution < 1.29 is 0 Å². The second-order valence-corrected chi connectivity index (χ2v) is 4.02. The van der Waals surface area contributed by atoms with E-state index in [2.05, 4.69) is 5.10 Å². The molecule has 0 saturated carbocycles. The Labute approximate surface area is 94.4 Å². The van der Waals surface area contributed by atoms with E-state index >= 15 is 0 Å². The highest BCUT2D eigenvalue weighted by molar-refractivity contribution is 5.34. The SMILES string of the molecule is Cc1ccc(-n2nc(C)cc(C)c2=O)cc1. The van der Waals surface area contributed by atoms with Crippen molar-refractivity contribution in [3.63, 3.8) is 0 Å². The van der Waals surface area contributed by atoms with Gasteiger partial charge in [0.15, 0.2) is 0 Å². The van der Waals surface area contributed by atoms with Gasteiger partial charge in [-0.05, 0) is 39.0 Å². The molecule has 0 amide bonds. The van der Waals surface area contributed by atoms with Crippen molar-refractivity contribution in [2.45, 2.75) is 20.8 Å². The van der Waals surface area contributed by atoms with E-state index in [-0.39, 0.29) is 5.56 Å². The van der Waals surface area contributed by atoms with Gasteiger partial charge in [-0.2, -0.15) is 9.78 Å². The second-order valence-electron chi connectivity index (χ2n) is 4.02. The normalized spacial score (nSPS) is 10.4. The van der Waals surface area contributed by atoms with Crippen LogP contribution < -0.4 is 5.56 Å². The lowest BCUT2D eigenvalue weighted by Crippen LogP contribution is -2.23. The van der Waals surface area contributed by atoms with Crippen LogP contribution in [0.4, 0.5) is 0 Å². The van der Waals surface area contributed by atoms with E-state index in [1.165, 1.54) is 10.2 Å². The van der Waals surface area contributed by atoms with Crippen LogP contribution in [0.2, 0.25) is 0 Å². The van der Waals surface area contributed by atoms with Crippen LogP contribution in [0.25, 0.3) is 5.69 Å². The number of hydrogen-bond donors (Lipinski definition) is 0. The first-order chi connectivity index (χ1) is 7.58. The van der Waals surface area contributed by atoms with E-state index in [9.17, 15) is 4.79 Å². The van der Waals surface area contributed by atoms with Gasteiger partial charge in [0.05, 0.1) is 11.4 Å². The van der Waals surface area contributed by atoms with Crippen LogP contribution in [0.15, 0.2) is 35.1 Å². The van der Waals surface area contributed by atoms with Crippen LogP contribution in [0.5, 0.6) is 0 Å². The number of rotatable bonds is 1. The first kappa shape index (κ1) is 10.6. The summed E-state index contributed by atoms with van der Waals surface area (Å²) < 4.78 is 1.45. The van der Waals surface area contributed by atoms with Crippen molar-refractivity contribution >= 4 is 0 Å². The average Bonchev–Trinajstić information content (AvgIpc) is 2.25. The maximum atomic E-state index is 11.9. The average molecular weight is 214 g/mol. The molecule has 0 radical (unpaired) electrons. The molecule has 2 rings (SSSR count). The lowest BCUT2D eigenvalue weighted by molar-refractivity contribution is 0.775. The number of hydrogen-bond acceptors (Lipinski definition) is 2. The van der Waals surface area contributed by atoms with Crippen LogP contribution in [0, 0.1) is 20.8 Å². The highest BCUT2D eigenvalue weighted by Gasteiger charge is 2.04. The molecular weight excluding hydrogens is 200 g/mol. The molecule has 0 aliphatic carbocycles. The fraction of sp³-hybridized carbons (Fsp3) is 0.231. The molecule has 82 valence electrons. The minimum Gasteiger partial charge on any atom is -0.267 e. The van der Waals surface area contributed by atoms with Crippen molar-refractivity contribution in [3.05, 3.63) is 57.5 Å². The summed E-state index contributed by atoms with van der Waals surface area (Å²) in [5.74, 6) is 0. The number of nitrogens with zero attached hydrogens (tertiary/aromatic N) is 2. The summed E-state index contributed by atoms with van der Waals surface area (Å²) in [6.45, 7) is 5.71. The lowest BCUT2D eigenvalue weighted by atomic mass is 10.2. The highest BCUT2D eigenvalue weighted by Crippen LogP contribution is 2.06. The molecule has 0 aliphatic heterocycles. The van der Waals surface area contributed by atoms with Gasteiger partial charge in [0, 0.05) is 5.56 Å². The summed E-state index contributed by atoms with van der Waals surface area (Å²) in [7, 11) is 0. The van der Waals surface area contributed by atoms with Crippen molar-refractivity contribution in [2.24, 2.45) is 0 Å². The Morgan fingerprint density at radius 2 is 1.69 bits per heavy atom. The van der Waals surface area contributed by atoms with Crippen molar-refractivity contribution in [1.82, 2.24) is 9.78 Å². The van der Waals surface area contributed by atoms with Gasteiger partial charge >= 0.3 is 0 Å². The topological polar surface area (TPSA) is 34.9 Å². The predicted octanol–water partition coefficient (Wildman–Crippen LogP) is 2.16. The molecule has 0 spiro atoms. The number of aromatic nitrogens is 2. The molecule has 0 aliphatic rings. The van der Waals surface area contributed by atoms with Gasteiger partial charge in [0.1, 0.15) is 0 Å². The summed E-state index contributed by atoms with van der Waals surface area (Å²) in [6, 6.07) is 9.56. The van der Waals surface area contributed by atoms with E-state index in [1.807, 2.05) is 45.0 Å². The maximum Gasteiger partial charge on any atom is 0.274 e. The first-order valence-electron chi connectivity index (χ1n) is 5.22. The van der Waals surface area contributed by atoms with Gasteiger partial charge in [-0.15, -0.1) is 0 Å². The lowest BCUT2D eigenvalue weighted by Gasteiger charge is -2.06. The zero-order valence-electron chi connectivity index (χ0n) is 9.69. The molecular formula is C13H14N2O. The first-order valence-corrected chi connectivity index (χ1v) is 5.22. The molecule has 0 fully saturated rings. The van der Waals surface area contributed by atoms with Gasteiger partial charge < -0.3 is 0 Å². The molecule has 0 atom stereocenters. The largest absolute Gasteiger partial charge is 0.274 e. The Morgan fingerprint density at radius 1 is 1.06 bits per heavy atom. The standard InChI is InChI=1S/C13H14N2O/c1-9-4-6-12(7-5-9)15-13(16)10(2)8-11(3)14-15/h4-8H,1-3H3. The minimum absolute atomic E-state index is 0.0607. The molecule has 16 heavy (non-hydrogen) atoms. The summed E-state index contributed by atoms with van der Waals surface area (Å²) >= 11 is 0. The summed E-state index contributed by atoms with van der Waals surface area (Å²) in [4.78, 5) is 11.9. The van der Waals surface area contributed by atoms with Gasteiger partial charge in [-0.3, -0.25) is 4.79 Å². The summed E-state index contributed by atoms with van der Waals surface area (Å²) in [6.07, 6.45) is 0. The van der Waals surface area contributed by atoms with Crippen LogP contribution >= 0.6 is 0 Å². The highest BCUT2D eigenvalue weighted by atomic mass is 16.1. The van der Waals surface area contributed by atoms with Gasteiger partial charge in [-0.1, -0.05) is 17.7 Å². The van der Waals surface area contributed by atoms with E-state index in [0.717, 1.165) is 11.4 Å². The third-order valence-electron chi connectivity index (χ3n) is 2.49. The molecule has 0 unspecified atom stereocenters. The van der Waals surface area contributed by atoms with E-state index in [0.29, 0.717) is 5.56 Å². The molecule has 0 N–H and O–H groups in total. The monoisotopic (exact) mass is 214 g/mol. The van der Waals surface area contributed by atoms with Crippen LogP contribution in [0.3, 0.4) is 0 Å². The summed E-state index contributed by atoms with van der Waals surface area (Å²) in [5, 5.41) is 4.24. The Morgan fingerprint density at radius 3 is 2.31 bits per heavy atom. The number of benzene rings is 1. The predicted molar refractivity (Wildman–Crippen MR) is 64.0 cm³/mol. The van der Waals surface area contributed by atoms with Crippen LogP contribution in [-0.2, 0) is 0 Å². The van der Waals surface area contributed by atoms with Gasteiger partial charge in [0.2, 0.25) is 0 Å². The molecule has 3 heteroatoms. The fourth-order valence-corrected chi connectivity index (χ4v) is 1.64. The van der Waals surface area contributed by atoms with E-state index in [1.54, 1.807) is 6.07 Å². The van der Waals surface area contributed by atoms with Crippen molar-refractivity contribution in [2.75, 3.05) is 0 Å². The molecule has 1 aromatic heterocycles. The van der Waals surface area contributed by atoms with E-state index in [4.69, 9.17) is 0 Å². The Hall–Kier alpha value is -1.90. The maximum absolute atomic E-state index is 11.9. The van der Waals surface area contributed by atoms with Crippen LogP contribution in [0.1, 0.15) is 16.8 Å². The summed E-state index contributed by atoms with van der Waals surface area (Å²) in [5.41, 5.74) is 3.48. The second kappa shape index (κ2) is 3.93. The Balaban J connectivity index is 2.64. The third-order valence-corrected chi connectivity index (χ3v) is 2.49. The molecule has 1 heterocycles. The zero-order chi connectivity index (χ0) is 11.7. The van der Waals surface area contributed by atoms with Gasteiger partial charge in [0.25, 0.3) is 5.56 Å². The molecule has 3 nitrogen and oxygen atoms in total. The molecule has 1 aromatic carbocycles. The zero-order valence-corrected chi connectivity index (χ0v) is 9.69. The van der Waals surface area contributed by atoms with Crippen molar-refractivity contribution in [3.8, 4) is 5.69 Å². The van der Waals surface area contributed by atoms with E-state index < -0.39 is 0 Å². The smallest absolute Gasteiger partial charge is 0.267 e.